The van der Waals surface area contributed by atoms with Crippen molar-refractivity contribution in [3.8, 4) is 6.07 Å². The number of thioether (sulfide) groups is 1. The van der Waals surface area contributed by atoms with Crippen molar-refractivity contribution in [2.24, 2.45) is 0 Å². The molecule has 7 nitrogen and oxygen atoms in total. The highest BCUT2D eigenvalue weighted by molar-refractivity contribution is 8.00. The van der Waals surface area contributed by atoms with E-state index in [1.54, 1.807) is 20.0 Å². The number of anilines is 1. The number of amides is 1. The lowest BCUT2D eigenvalue weighted by molar-refractivity contribution is -0.113. The molecule has 0 bridgehead atoms. The Hall–Kier alpha value is -2.40. The molecule has 0 radical (unpaired) electrons. The van der Waals surface area contributed by atoms with Gasteiger partial charge in [-0.2, -0.15) is 10.4 Å². The zero-order valence-corrected chi connectivity index (χ0v) is 15.1. The van der Waals surface area contributed by atoms with Crippen LogP contribution in [-0.4, -0.2) is 31.4 Å². The summed E-state index contributed by atoms with van der Waals surface area (Å²) in [6, 6.07) is 4.31. The van der Waals surface area contributed by atoms with Crippen molar-refractivity contribution in [1.82, 2.24) is 19.7 Å². The quantitative estimate of drug-likeness (QED) is 0.653. The number of nitrogens with one attached hydrogen (secondary N) is 1. The number of aryl methyl sites for hydroxylation is 2. The van der Waals surface area contributed by atoms with Crippen LogP contribution < -0.4 is 5.32 Å². The van der Waals surface area contributed by atoms with Crippen molar-refractivity contribution in [1.29, 1.82) is 5.26 Å². The van der Waals surface area contributed by atoms with Crippen LogP contribution in [0.25, 0.3) is 0 Å². The van der Waals surface area contributed by atoms with Crippen LogP contribution in [0.15, 0.2) is 17.3 Å². The number of nitrogens with zero attached hydrogens (tertiary/aromatic N) is 5. The van der Waals surface area contributed by atoms with Gasteiger partial charge in [0.1, 0.15) is 28.3 Å². The predicted octanol–water partition coefficient (Wildman–Crippen LogP) is 3.01. The van der Waals surface area contributed by atoms with Gasteiger partial charge in [-0.15, -0.1) is 0 Å². The Morgan fingerprint density at radius 3 is 2.88 bits per heavy atom. The molecule has 1 aliphatic rings. The third-order valence-corrected chi connectivity index (χ3v) is 5.20. The molecule has 2 aromatic heterocycles. The van der Waals surface area contributed by atoms with Crippen molar-refractivity contribution in [2.45, 2.75) is 50.6 Å². The minimum absolute atomic E-state index is 0.137. The fourth-order valence-corrected chi connectivity index (χ4v) is 3.95. The molecule has 130 valence electrons. The normalized spacial score (nSPS) is 14.4. The van der Waals surface area contributed by atoms with Gasteiger partial charge in [0, 0.05) is 6.07 Å². The summed E-state index contributed by atoms with van der Waals surface area (Å²) >= 11 is 1.25. The molecule has 0 saturated heterocycles. The van der Waals surface area contributed by atoms with E-state index in [-0.39, 0.29) is 11.7 Å². The number of hydrogen-bond acceptors (Lipinski definition) is 6. The molecule has 8 heteroatoms. The highest BCUT2D eigenvalue weighted by atomic mass is 32.2. The molecule has 2 aromatic rings. The zero-order chi connectivity index (χ0) is 17.8. The topological polar surface area (TPSA) is 96.5 Å². The Bertz CT molecular complexity index is 819. The number of carbonyl (C=O) groups is 1. The van der Waals surface area contributed by atoms with Gasteiger partial charge in [-0.25, -0.2) is 14.6 Å². The fourth-order valence-electron chi connectivity index (χ4n) is 3.08. The molecule has 0 atom stereocenters. The molecular formula is C17H20N6OS. The van der Waals surface area contributed by atoms with Crippen molar-refractivity contribution < 1.29 is 4.79 Å². The Kier molecular flexibility index (Phi) is 5.34. The van der Waals surface area contributed by atoms with Crippen LogP contribution in [-0.2, 0) is 4.79 Å². The molecule has 0 unspecified atom stereocenters. The second-order valence-electron chi connectivity index (χ2n) is 6.08. The van der Waals surface area contributed by atoms with Gasteiger partial charge in [-0.3, -0.25) is 4.79 Å². The fraction of sp³-hybridized carbons (Fsp3) is 0.471. The van der Waals surface area contributed by atoms with E-state index in [1.807, 2.05) is 10.7 Å². The molecule has 1 saturated carbocycles. The van der Waals surface area contributed by atoms with Gasteiger partial charge < -0.3 is 5.32 Å². The monoisotopic (exact) mass is 356 g/mol. The first kappa shape index (κ1) is 17.4. The maximum Gasteiger partial charge on any atom is 0.235 e. The van der Waals surface area contributed by atoms with Crippen LogP contribution in [0.3, 0.4) is 0 Å². The van der Waals surface area contributed by atoms with Crippen LogP contribution in [0, 0.1) is 25.2 Å². The van der Waals surface area contributed by atoms with Gasteiger partial charge in [0.2, 0.25) is 5.91 Å². The van der Waals surface area contributed by atoms with Gasteiger partial charge in [0.15, 0.2) is 0 Å². The van der Waals surface area contributed by atoms with Gasteiger partial charge in [0.05, 0.1) is 23.7 Å². The standard InChI is InChI=1S/C17H20N6OS/c1-11-14(9-18)17(21-12(2)20-11)25-10-16(24)22-15-7-8-19-23(15)13-5-3-4-6-13/h7-8,13H,3-6,10H2,1-2H3,(H,22,24). The number of carbonyl (C=O) groups excluding carboxylic acids is 1. The first-order chi connectivity index (χ1) is 12.1. The van der Waals surface area contributed by atoms with Crippen LogP contribution in [0.1, 0.15) is 48.8 Å². The van der Waals surface area contributed by atoms with Gasteiger partial charge in [-0.05, 0) is 26.7 Å². The van der Waals surface area contributed by atoms with E-state index in [9.17, 15) is 10.1 Å². The van der Waals surface area contributed by atoms with E-state index in [4.69, 9.17) is 0 Å². The smallest absolute Gasteiger partial charge is 0.235 e. The zero-order valence-electron chi connectivity index (χ0n) is 14.3. The average Bonchev–Trinajstić information content (AvgIpc) is 3.23. The molecule has 1 amide bonds. The molecule has 0 spiro atoms. The van der Waals surface area contributed by atoms with Crippen LogP contribution >= 0.6 is 11.8 Å². The molecule has 1 fully saturated rings. The summed E-state index contributed by atoms with van der Waals surface area (Å²) in [4.78, 5) is 20.8. The minimum atomic E-state index is -0.137. The lowest BCUT2D eigenvalue weighted by Crippen LogP contribution is -2.19. The van der Waals surface area contributed by atoms with Gasteiger partial charge in [-0.1, -0.05) is 24.6 Å². The van der Waals surface area contributed by atoms with Crippen molar-refractivity contribution >= 4 is 23.5 Å². The van der Waals surface area contributed by atoms with Crippen molar-refractivity contribution in [3.63, 3.8) is 0 Å². The summed E-state index contributed by atoms with van der Waals surface area (Å²) in [6.07, 6.45) is 6.33. The summed E-state index contributed by atoms with van der Waals surface area (Å²) in [5, 5.41) is 17.1. The molecule has 1 N–H and O–H groups in total. The predicted molar refractivity (Wildman–Crippen MR) is 95.3 cm³/mol. The average molecular weight is 356 g/mol. The molecule has 1 aliphatic carbocycles. The lowest BCUT2D eigenvalue weighted by Gasteiger charge is -2.14. The van der Waals surface area contributed by atoms with Gasteiger partial charge >= 0.3 is 0 Å². The number of aromatic nitrogens is 4. The SMILES string of the molecule is Cc1nc(C)c(C#N)c(SCC(=O)Nc2ccnn2C2CCCC2)n1. The van der Waals surface area contributed by atoms with Crippen molar-refractivity contribution in [2.75, 3.05) is 11.1 Å². The maximum absolute atomic E-state index is 12.3. The third-order valence-electron chi connectivity index (χ3n) is 4.23. The van der Waals surface area contributed by atoms with Crippen LogP contribution in [0.5, 0.6) is 0 Å². The van der Waals surface area contributed by atoms with Gasteiger partial charge in [0.25, 0.3) is 0 Å². The van der Waals surface area contributed by atoms with E-state index in [0.29, 0.717) is 28.1 Å². The van der Waals surface area contributed by atoms with E-state index in [2.05, 4.69) is 26.5 Å². The second kappa shape index (κ2) is 7.66. The molecule has 25 heavy (non-hydrogen) atoms. The van der Waals surface area contributed by atoms with Crippen LogP contribution in [0.2, 0.25) is 0 Å². The lowest BCUT2D eigenvalue weighted by atomic mass is 10.2. The summed E-state index contributed by atoms with van der Waals surface area (Å²) in [5.41, 5.74) is 1.07. The largest absolute Gasteiger partial charge is 0.310 e. The summed E-state index contributed by atoms with van der Waals surface area (Å²) < 4.78 is 1.91. The Morgan fingerprint density at radius 1 is 1.40 bits per heavy atom. The van der Waals surface area contributed by atoms with E-state index in [1.165, 1.54) is 24.6 Å². The summed E-state index contributed by atoms with van der Waals surface area (Å²) in [5.74, 6) is 1.37. The van der Waals surface area contributed by atoms with E-state index < -0.39 is 0 Å². The molecule has 0 aliphatic heterocycles. The highest BCUT2D eigenvalue weighted by Crippen LogP contribution is 2.31. The van der Waals surface area contributed by atoms with E-state index >= 15 is 0 Å². The number of nitriles is 1. The molecule has 0 aromatic carbocycles. The molecular weight excluding hydrogens is 336 g/mol. The second-order valence-corrected chi connectivity index (χ2v) is 7.05. The first-order valence-electron chi connectivity index (χ1n) is 8.30. The Morgan fingerprint density at radius 2 is 2.16 bits per heavy atom. The number of rotatable bonds is 5. The minimum Gasteiger partial charge on any atom is -0.310 e. The summed E-state index contributed by atoms with van der Waals surface area (Å²) in [6.45, 7) is 3.55. The molecule has 3 rings (SSSR count). The Labute approximate surface area is 150 Å². The first-order valence-corrected chi connectivity index (χ1v) is 9.28. The Balaban J connectivity index is 1.65. The summed E-state index contributed by atoms with van der Waals surface area (Å²) in [7, 11) is 0. The van der Waals surface area contributed by atoms with Crippen LogP contribution in [0.4, 0.5) is 5.82 Å². The van der Waals surface area contributed by atoms with E-state index in [0.717, 1.165) is 18.7 Å². The third kappa shape index (κ3) is 3.99. The maximum atomic E-state index is 12.3. The highest BCUT2D eigenvalue weighted by Gasteiger charge is 2.20. The molecule has 2 heterocycles. The number of hydrogen-bond donors (Lipinski definition) is 1. The van der Waals surface area contributed by atoms with Crippen molar-refractivity contribution in [3.05, 3.63) is 29.3 Å².